The molecule has 4 heterocycles. The number of nitrogens with one attached hydrogen (secondary N) is 1. The van der Waals surface area contributed by atoms with Crippen molar-refractivity contribution in [1.82, 2.24) is 20.1 Å². The van der Waals surface area contributed by atoms with Gasteiger partial charge in [0.05, 0.1) is 18.7 Å². The maximum Gasteiger partial charge on any atom is 0.338 e. The van der Waals surface area contributed by atoms with Gasteiger partial charge in [0.2, 0.25) is 0 Å². The van der Waals surface area contributed by atoms with Crippen molar-refractivity contribution in [2.45, 2.75) is 31.8 Å². The fourth-order valence-electron chi connectivity index (χ4n) is 6.04. The van der Waals surface area contributed by atoms with Crippen LogP contribution in [-0.4, -0.2) is 89.6 Å². The molecule has 2 aromatic carbocycles. The van der Waals surface area contributed by atoms with Crippen LogP contribution in [0.25, 0.3) is 0 Å². The number of aliphatic carboxylic acids is 1. The molecule has 2 atom stereocenters. The van der Waals surface area contributed by atoms with E-state index in [1.54, 1.807) is 4.90 Å². The SMILES string of the molecule is COC(=O)C1=C(CN2CCN3C(=O)N(c4ccc(CCC(=O)O)cc4)C[C@@H]3C2)NC(c2nc(C)cs2)=NC1c1ccc(F)cc1Cl. The zero-order chi connectivity index (χ0) is 32.5. The summed E-state index contributed by atoms with van der Waals surface area (Å²) < 4.78 is 19.2. The van der Waals surface area contributed by atoms with Crippen LogP contribution in [-0.2, 0) is 20.7 Å². The number of benzene rings is 2. The fraction of sp³-hybridized carbons (Fsp3) is 0.344. The number of hydrogen-bond acceptors (Lipinski definition) is 9. The minimum atomic E-state index is -0.862. The predicted molar refractivity (Wildman–Crippen MR) is 172 cm³/mol. The van der Waals surface area contributed by atoms with E-state index in [4.69, 9.17) is 26.4 Å². The highest BCUT2D eigenvalue weighted by atomic mass is 35.5. The van der Waals surface area contributed by atoms with Crippen molar-refractivity contribution >= 4 is 52.4 Å². The van der Waals surface area contributed by atoms with Gasteiger partial charge in [0.25, 0.3) is 0 Å². The zero-order valence-corrected chi connectivity index (χ0v) is 26.8. The molecule has 0 radical (unpaired) electrons. The van der Waals surface area contributed by atoms with Crippen molar-refractivity contribution in [3.8, 4) is 0 Å². The average molecular weight is 667 g/mol. The third-order valence-corrected chi connectivity index (χ3v) is 9.60. The van der Waals surface area contributed by atoms with Crippen molar-refractivity contribution in [2.75, 3.05) is 44.7 Å². The number of methoxy groups -OCH3 is 1. The standard InChI is InChI=1S/C32H32ClFN6O5S/c1-18-17-46-30(35-18)29-36-25(27(31(43)45-2)28(37-29)23-9-6-20(34)13-24(23)33)16-38-11-12-39-22(14-38)15-40(32(39)44)21-7-3-19(4-8-21)5-10-26(41)42/h3-4,6-9,13,17,22,28H,5,10-12,14-16H2,1-2H3,(H,36,37)(H,41,42)/t22-,28?/m0/s1. The van der Waals surface area contributed by atoms with E-state index in [0.717, 1.165) is 16.9 Å². The van der Waals surface area contributed by atoms with Gasteiger partial charge in [-0.05, 0) is 43.2 Å². The van der Waals surface area contributed by atoms with E-state index in [1.165, 1.54) is 36.6 Å². The lowest BCUT2D eigenvalue weighted by molar-refractivity contribution is -0.137. The molecule has 3 aliphatic heterocycles. The molecule has 0 spiro atoms. The molecular weight excluding hydrogens is 635 g/mol. The highest BCUT2D eigenvalue weighted by molar-refractivity contribution is 7.11. The Morgan fingerprint density at radius 3 is 2.63 bits per heavy atom. The molecule has 1 unspecified atom stereocenters. The van der Waals surface area contributed by atoms with E-state index in [-0.39, 0.29) is 29.1 Å². The summed E-state index contributed by atoms with van der Waals surface area (Å²) >= 11 is 7.91. The molecule has 14 heteroatoms. The Kier molecular flexibility index (Phi) is 9.07. The van der Waals surface area contributed by atoms with E-state index in [2.05, 4.69) is 15.2 Å². The number of nitrogens with zero attached hydrogens (tertiary/aromatic N) is 5. The summed E-state index contributed by atoms with van der Waals surface area (Å²) in [5.74, 6) is -1.47. The molecule has 11 nitrogen and oxygen atoms in total. The van der Waals surface area contributed by atoms with Crippen LogP contribution in [0.4, 0.5) is 14.9 Å². The van der Waals surface area contributed by atoms with Crippen LogP contribution in [0.5, 0.6) is 0 Å². The Hall–Kier alpha value is -4.33. The molecule has 2 amide bonds. The summed E-state index contributed by atoms with van der Waals surface area (Å²) in [5.41, 5.74) is 3.78. The van der Waals surface area contributed by atoms with Crippen LogP contribution >= 0.6 is 22.9 Å². The van der Waals surface area contributed by atoms with Crippen LogP contribution in [0.2, 0.25) is 5.02 Å². The first-order chi connectivity index (χ1) is 22.1. The van der Waals surface area contributed by atoms with Crippen LogP contribution in [0.3, 0.4) is 0 Å². The molecule has 2 fully saturated rings. The van der Waals surface area contributed by atoms with Crippen molar-refractivity contribution in [1.29, 1.82) is 0 Å². The zero-order valence-electron chi connectivity index (χ0n) is 25.2. The number of aliphatic imine (C=N–C) groups is 1. The van der Waals surface area contributed by atoms with Gasteiger partial charge in [0, 0.05) is 72.2 Å². The number of rotatable bonds is 9. The third kappa shape index (κ3) is 6.48. The average Bonchev–Trinajstić information content (AvgIpc) is 3.62. The second-order valence-corrected chi connectivity index (χ2v) is 12.6. The molecule has 0 aliphatic carbocycles. The van der Waals surface area contributed by atoms with Crippen molar-refractivity contribution < 1.29 is 28.6 Å². The molecule has 3 aliphatic rings. The van der Waals surface area contributed by atoms with E-state index in [9.17, 15) is 18.8 Å². The van der Waals surface area contributed by atoms with Gasteiger partial charge in [-0.2, -0.15) is 0 Å². The van der Waals surface area contributed by atoms with Crippen molar-refractivity contribution in [2.24, 2.45) is 4.99 Å². The summed E-state index contributed by atoms with van der Waals surface area (Å²) in [6.07, 6.45) is 0.471. The van der Waals surface area contributed by atoms with Gasteiger partial charge < -0.3 is 20.1 Å². The smallest absolute Gasteiger partial charge is 0.338 e. The minimum Gasteiger partial charge on any atom is -0.481 e. The lowest BCUT2D eigenvalue weighted by Gasteiger charge is -2.38. The van der Waals surface area contributed by atoms with E-state index in [0.29, 0.717) is 61.2 Å². The lowest BCUT2D eigenvalue weighted by atomic mass is 9.95. The second kappa shape index (κ2) is 13.2. The monoisotopic (exact) mass is 666 g/mol. The fourth-order valence-corrected chi connectivity index (χ4v) is 7.06. The first kappa shape index (κ1) is 31.6. The van der Waals surface area contributed by atoms with Crippen LogP contribution in [0.15, 0.2) is 64.1 Å². The number of aryl methyl sites for hydroxylation is 2. The number of urea groups is 1. The van der Waals surface area contributed by atoms with Crippen LogP contribution < -0.4 is 10.2 Å². The van der Waals surface area contributed by atoms with Crippen molar-refractivity contribution in [3.63, 3.8) is 0 Å². The number of thiazole rings is 1. The largest absolute Gasteiger partial charge is 0.481 e. The number of hydrogen-bond donors (Lipinski definition) is 2. The molecular formula is C32H32ClFN6O5S. The van der Waals surface area contributed by atoms with Crippen molar-refractivity contribution in [3.05, 3.63) is 91.8 Å². The number of carboxylic acid groups (broad SMARTS) is 1. The number of amidine groups is 1. The number of ether oxygens (including phenoxy) is 1. The Morgan fingerprint density at radius 2 is 1.96 bits per heavy atom. The Balaban J connectivity index is 1.25. The lowest BCUT2D eigenvalue weighted by Crippen LogP contribution is -2.53. The molecule has 0 saturated carbocycles. The number of aromatic nitrogens is 1. The van der Waals surface area contributed by atoms with Gasteiger partial charge in [0.1, 0.15) is 11.9 Å². The van der Waals surface area contributed by atoms with E-state index < -0.39 is 23.8 Å². The number of carboxylic acids is 1. The topological polar surface area (TPSA) is 128 Å². The maximum atomic E-state index is 14.0. The summed E-state index contributed by atoms with van der Waals surface area (Å²) in [6, 6.07) is 10.4. The number of carbonyl (C=O) groups excluding carboxylic acids is 2. The summed E-state index contributed by atoms with van der Waals surface area (Å²) in [5, 5.41) is 15.0. The molecule has 6 rings (SSSR count). The Morgan fingerprint density at radius 1 is 1.17 bits per heavy atom. The molecule has 2 N–H and O–H groups in total. The van der Waals surface area contributed by atoms with Gasteiger partial charge in [-0.25, -0.2) is 19.0 Å². The quantitative estimate of drug-likeness (QED) is 0.322. The van der Waals surface area contributed by atoms with Gasteiger partial charge in [-0.15, -0.1) is 11.3 Å². The number of esters is 1. The number of halogens is 2. The van der Waals surface area contributed by atoms with Gasteiger partial charge in [-0.3, -0.25) is 19.6 Å². The van der Waals surface area contributed by atoms with Gasteiger partial charge in [-0.1, -0.05) is 29.8 Å². The summed E-state index contributed by atoms with van der Waals surface area (Å²) in [6.45, 7) is 4.32. The number of carbonyl (C=O) groups is 3. The molecule has 240 valence electrons. The van der Waals surface area contributed by atoms with Crippen LogP contribution in [0.1, 0.15) is 34.3 Å². The highest BCUT2D eigenvalue weighted by Crippen LogP contribution is 2.37. The van der Waals surface area contributed by atoms with E-state index >= 15 is 0 Å². The van der Waals surface area contributed by atoms with E-state index in [1.807, 2.05) is 41.5 Å². The Labute approximate surface area is 273 Å². The van der Waals surface area contributed by atoms with Gasteiger partial charge >= 0.3 is 18.0 Å². The van der Waals surface area contributed by atoms with Crippen LogP contribution in [0, 0.1) is 12.7 Å². The number of anilines is 1. The first-order valence-electron chi connectivity index (χ1n) is 14.8. The molecule has 46 heavy (non-hydrogen) atoms. The second-order valence-electron chi connectivity index (χ2n) is 11.4. The Bertz CT molecular complexity index is 1740. The predicted octanol–water partition coefficient (Wildman–Crippen LogP) is 4.41. The minimum absolute atomic E-state index is 0.0468. The number of amides is 2. The highest BCUT2D eigenvalue weighted by Gasteiger charge is 2.42. The number of piperazine rings is 1. The number of fused-ring (bicyclic) bond motifs is 1. The summed E-state index contributed by atoms with van der Waals surface area (Å²) in [4.78, 5) is 52.8. The maximum absolute atomic E-state index is 14.0. The molecule has 3 aromatic rings. The molecule has 0 bridgehead atoms. The molecule has 2 saturated heterocycles. The third-order valence-electron chi connectivity index (χ3n) is 8.30. The molecule has 1 aromatic heterocycles. The first-order valence-corrected chi connectivity index (χ1v) is 16.0. The normalized spacial score (nSPS) is 20.0. The summed E-state index contributed by atoms with van der Waals surface area (Å²) in [7, 11) is 1.30. The van der Waals surface area contributed by atoms with Gasteiger partial charge in [0.15, 0.2) is 10.8 Å².